The Morgan fingerprint density at radius 1 is 1.22 bits per heavy atom. The zero-order valence-electron chi connectivity index (χ0n) is 23.2. The maximum absolute atomic E-state index is 13.6. The molecule has 3 heterocycles. The third kappa shape index (κ3) is 5.11. The van der Waals surface area contributed by atoms with Gasteiger partial charge in [-0.3, -0.25) is 19.3 Å². The van der Waals surface area contributed by atoms with Crippen molar-refractivity contribution in [1.29, 1.82) is 0 Å². The fourth-order valence-electron chi connectivity index (χ4n) is 5.11. The average molecular weight is 575 g/mol. The SMILES string of the molecule is C=CCOc1ccc([C@H]2/C(=C(\O)c3ccc4c(c3)C[C@@H](C)O4)C(=O)C(=O)N2c2nc(C)c(C(C)=O)s2)cc1OCC. The Bertz CT molecular complexity index is 1610. The van der Waals surface area contributed by atoms with Gasteiger partial charge in [-0.2, -0.15) is 0 Å². The van der Waals surface area contributed by atoms with E-state index in [1.54, 1.807) is 49.4 Å². The summed E-state index contributed by atoms with van der Waals surface area (Å²) in [4.78, 5) is 45.5. The number of anilines is 1. The predicted molar refractivity (Wildman–Crippen MR) is 155 cm³/mol. The Balaban J connectivity index is 1.70. The Morgan fingerprint density at radius 3 is 2.68 bits per heavy atom. The van der Waals surface area contributed by atoms with E-state index in [2.05, 4.69) is 11.6 Å². The third-order valence-electron chi connectivity index (χ3n) is 6.87. The van der Waals surface area contributed by atoms with Crippen molar-refractivity contribution in [2.45, 2.75) is 46.3 Å². The largest absolute Gasteiger partial charge is 0.507 e. The van der Waals surface area contributed by atoms with Crippen LogP contribution in [0, 0.1) is 6.92 Å². The minimum absolute atomic E-state index is 0.00426. The van der Waals surface area contributed by atoms with Crippen LogP contribution in [-0.2, 0) is 16.0 Å². The zero-order chi connectivity index (χ0) is 29.4. The highest BCUT2D eigenvalue weighted by atomic mass is 32.1. The van der Waals surface area contributed by atoms with Crippen LogP contribution in [-0.4, -0.2) is 46.9 Å². The Hall–Kier alpha value is -4.44. The summed E-state index contributed by atoms with van der Waals surface area (Å²) < 4.78 is 17.4. The molecular weight excluding hydrogens is 544 g/mol. The lowest BCUT2D eigenvalue weighted by molar-refractivity contribution is -0.132. The summed E-state index contributed by atoms with van der Waals surface area (Å²) >= 11 is 1.03. The quantitative estimate of drug-likeness (QED) is 0.116. The fraction of sp³-hybridized carbons (Fsp3) is 0.290. The first kappa shape index (κ1) is 28.1. The van der Waals surface area contributed by atoms with E-state index >= 15 is 0 Å². The molecule has 10 heteroatoms. The number of aryl methyl sites for hydroxylation is 1. The minimum Gasteiger partial charge on any atom is -0.507 e. The summed E-state index contributed by atoms with van der Waals surface area (Å²) in [6.07, 6.45) is 2.26. The lowest BCUT2D eigenvalue weighted by Crippen LogP contribution is -2.29. The average Bonchev–Trinajstić information content (AvgIpc) is 3.59. The van der Waals surface area contributed by atoms with Crippen LogP contribution in [0.25, 0.3) is 5.76 Å². The molecule has 2 aliphatic heterocycles. The molecule has 0 spiro atoms. The van der Waals surface area contributed by atoms with Crippen LogP contribution in [0.2, 0.25) is 0 Å². The summed E-state index contributed by atoms with van der Waals surface area (Å²) in [5, 5.41) is 11.8. The number of rotatable bonds is 9. The van der Waals surface area contributed by atoms with E-state index in [-0.39, 0.29) is 35.0 Å². The first-order chi connectivity index (χ1) is 19.6. The molecule has 0 radical (unpaired) electrons. The molecule has 2 atom stereocenters. The summed E-state index contributed by atoms with van der Waals surface area (Å²) in [7, 11) is 0. The van der Waals surface area contributed by atoms with Crippen LogP contribution in [0.1, 0.15) is 58.9 Å². The number of hydrogen-bond acceptors (Lipinski definition) is 9. The molecule has 0 unspecified atom stereocenters. The number of fused-ring (bicyclic) bond motifs is 1. The lowest BCUT2D eigenvalue weighted by atomic mass is 9.94. The number of carbonyl (C=O) groups excluding carboxylic acids is 3. The zero-order valence-corrected chi connectivity index (χ0v) is 24.0. The second-order valence-electron chi connectivity index (χ2n) is 9.83. The number of Topliss-reactive ketones (excluding diaryl/α,β-unsaturated/α-hetero) is 2. The van der Waals surface area contributed by atoms with Crippen LogP contribution in [0.5, 0.6) is 17.2 Å². The molecule has 1 saturated heterocycles. The highest BCUT2D eigenvalue weighted by Gasteiger charge is 2.48. The number of carbonyl (C=O) groups is 3. The Labute approximate surface area is 241 Å². The number of aliphatic hydroxyl groups excluding tert-OH is 1. The number of benzene rings is 2. The maximum Gasteiger partial charge on any atom is 0.301 e. The highest BCUT2D eigenvalue weighted by molar-refractivity contribution is 7.18. The summed E-state index contributed by atoms with van der Waals surface area (Å²) in [6, 6.07) is 9.23. The van der Waals surface area contributed by atoms with E-state index in [0.717, 1.165) is 22.6 Å². The van der Waals surface area contributed by atoms with Crippen LogP contribution in [0.15, 0.2) is 54.6 Å². The van der Waals surface area contributed by atoms with Gasteiger partial charge in [-0.1, -0.05) is 30.1 Å². The molecular formula is C31H30N2O7S. The molecule has 2 aromatic carbocycles. The maximum atomic E-state index is 13.6. The lowest BCUT2D eigenvalue weighted by Gasteiger charge is -2.24. The summed E-state index contributed by atoms with van der Waals surface area (Å²) in [5.41, 5.74) is 2.14. The van der Waals surface area contributed by atoms with Crippen molar-refractivity contribution in [3.63, 3.8) is 0 Å². The molecule has 0 aliphatic carbocycles. The number of amides is 1. The van der Waals surface area contributed by atoms with E-state index in [0.29, 0.717) is 46.2 Å². The van der Waals surface area contributed by atoms with Crippen molar-refractivity contribution in [2.24, 2.45) is 0 Å². The summed E-state index contributed by atoms with van der Waals surface area (Å²) in [6.45, 7) is 11.2. The molecule has 212 valence electrons. The van der Waals surface area contributed by atoms with Crippen molar-refractivity contribution in [3.8, 4) is 17.2 Å². The number of nitrogens with zero attached hydrogens (tertiary/aromatic N) is 2. The van der Waals surface area contributed by atoms with Crippen molar-refractivity contribution in [1.82, 2.24) is 4.98 Å². The van der Waals surface area contributed by atoms with E-state index in [9.17, 15) is 19.5 Å². The van der Waals surface area contributed by atoms with Gasteiger partial charge in [-0.15, -0.1) is 0 Å². The number of ketones is 2. The van der Waals surface area contributed by atoms with Gasteiger partial charge < -0.3 is 19.3 Å². The van der Waals surface area contributed by atoms with Crippen molar-refractivity contribution in [2.75, 3.05) is 18.1 Å². The molecule has 1 fully saturated rings. The van der Waals surface area contributed by atoms with Gasteiger partial charge in [-0.25, -0.2) is 4.98 Å². The van der Waals surface area contributed by atoms with Crippen LogP contribution >= 0.6 is 11.3 Å². The molecule has 41 heavy (non-hydrogen) atoms. The fourth-order valence-corrected chi connectivity index (χ4v) is 6.10. The predicted octanol–water partition coefficient (Wildman–Crippen LogP) is 5.57. The minimum atomic E-state index is -1.04. The Morgan fingerprint density at radius 2 is 2.00 bits per heavy atom. The molecule has 9 nitrogen and oxygen atoms in total. The van der Waals surface area contributed by atoms with Gasteiger partial charge in [0.05, 0.1) is 28.8 Å². The van der Waals surface area contributed by atoms with Gasteiger partial charge in [0.15, 0.2) is 22.4 Å². The van der Waals surface area contributed by atoms with Crippen LogP contribution in [0.4, 0.5) is 5.13 Å². The second-order valence-corrected chi connectivity index (χ2v) is 10.8. The number of hydrogen-bond donors (Lipinski definition) is 1. The summed E-state index contributed by atoms with van der Waals surface area (Å²) in [5.74, 6) is -0.648. The standard InChI is InChI=1S/C31H30N2O7S/c1-6-12-39-23-11-8-19(15-24(23)38-7-2)26-25(27(35)20-9-10-22-21(14-20)13-16(3)40-22)28(36)30(37)33(26)31-32-17(4)29(41-31)18(5)34/h6,8-11,14-16,26,35H,1,7,12-13H2,2-5H3/b27-25+/t16-,26+/m1/s1. The van der Waals surface area contributed by atoms with Gasteiger partial charge in [0, 0.05) is 18.9 Å². The first-order valence-electron chi connectivity index (χ1n) is 13.2. The molecule has 0 bridgehead atoms. The molecule has 2 aliphatic rings. The monoisotopic (exact) mass is 574 g/mol. The van der Waals surface area contributed by atoms with E-state index in [1.807, 2.05) is 13.8 Å². The van der Waals surface area contributed by atoms with E-state index in [1.165, 1.54) is 11.8 Å². The van der Waals surface area contributed by atoms with Crippen molar-refractivity contribution < 1.29 is 33.7 Å². The van der Waals surface area contributed by atoms with Crippen LogP contribution < -0.4 is 19.1 Å². The molecule has 1 amide bonds. The van der Waals surface area contributed by atoms with Gasteiger partial charge in [0.1, 0.15) is 24.2 Å². The van der Waals surface area contributed by atoms with Gasteiger partial charge in [0.25, 0.3) is 5.78 Å². The normalized spacial score (nSPS) is 19.2. The molecule has 3 aromatic rings. The molecule has 1 aromatic heterocycles. The van der Waals surface area contributed by atoms with Crippen molar-refractivity contribution in [3.05, 3.63) is 81.9 Å². The topological polar surface area (TPSA) is 115 Å². The van der Waals surface area contributed by atoms with E-state index in [4.69, 9.17) is 14.2 Å². The number of ether oxygens (including phenoxy) is 3. The molecule has 5 rings (SSSR count). The Kier molecular flexibility index (Phi) is 7.68. The second kappa shape index (κ2) is 11.2. The smallest absolute Gasteiger partial charge is 0.301 e. The third-order valence-corrected chi connectivity index (χ3v) is 8.12. The first-order valence-corrected chi connectivity index (χ1v) is 14.1. The number of aromatic nitrogens is 1. The van der Waals surface area contributed by atoms with E-state index < -0.39 is 17.7 Å². The molecule has 0 saturated carbocycles. The highest BCUT2D eigenvalue weighted by Crippen LogP contribution is 2.46. The van der Waals surface area contributed by atoms with Crippen molar-refractivity contribution >= 4 is 39.7 Å². The van der Waals surface area contributed by atoms with Gasteiger partial charge in [0.2, 0.25) is 0 Å². The van der Waals surface area contributed by atoms with Gasteiger partial charge >= 0.3 is 5.91 Å². The van der Waals surface area contributed by atoms with Gasteiger partial charge in [-0.05, 0) is 62.2 Å². The number of thiazole rings is 1. The molecule has 1 N–H and O–H groups in total. The number of aliphatic hydroxyl groups is 1. The van der Waals surface area contributed by atoms with Crippen LogP contribution in [0.3, 0.4) is 0 Å².